The predicted octanol–water partition coefficient (Wildman–Crippen LogP) is 2.31. The van der Waals surface area contributed by atoms with E-state index in [2.05, 4.69) is 23.3 Å². The number of carbonyl (C=O) groups excluding carboxylic acids is 1. The number of hydrogen-bond donors (Lipinski definition) is 1. The molecule has 2 aliphatic heterocycles. The van der Waals surface area contributed by atoms with Gasteiger partial charge in [0.05, 0.1) is 23.6 Å². The standard InChI is InChI=1S/C21H25N3O2/c25-19-13-15-5-1-2-6-17(15)21(19)8-11-23(12-9-21)20(26)16-14-22-24-10-4-3-7-18(16)24/h1-2,5-6,14,19,25H,3-4,7-13H2. The van der Waals surface area contributed by atoms with Crippen LogP contribution < -0.4 is 0 Å². The third-order valence-electron chi connectivity index (χ3n) is 6.76. The second-order valence-corrected chi connectivity index (χ2v) is 8.01. The molecule has 26 heavy (non-hydrogen) atoms. The van der Waals surface area contributed by atoms with E-state index in [1.165, 1.54) is 11.1 Å². The lowest BCUT2D eigenvalue weighted by Gasteiger charge is -2.42. The van der Waals surface area contributed by atoms with Crippen LogP contribution in [-0.4, -0.2) is 44.9 Å². The van der Waals surface area contributed by atoms with Crippen LogP contribution in [0.4, 0.5) is 0 Å². The zero-order valence-electron chi connectivity index (χ0n) is 15.0. The van der Waals surface area contributed by atoms with E-state index in [1.54, 1.807) is 6.20 Å². The van der Waals surface area contributed by atoms with E-state index < -0.39 is 0 Å². The van der Waals surface area contributed by atoms with Crippen LogP contribution in [0.1, 0.15) is 52.9 Å². The maximum absolute atomic E-state index is 13.1. The lowest BCUT2D eigenvalue weighted by molar-refractivity contribution is 0.0364. The van der Waals surface area contributed by atoms with Crippen LogP contribution in [0.3, 0.4) is 0 Å². The maximum atomic E-state index is 13.1. The molecule has 136 valence electrons. The minimum Gasteiger partial charge on any atom is -0.392 e. The number of rotatable bonds is 1. The van der Waals surface area contributed by atoms with E-state index in [1.807, 2.05) is 15.6 Å². The Morgan fingerprint density at radius 3 is 2.81 bits per heavy atom. The average Bonchev–Trinajstić information content (AvgIpc) is 3.22. The molecule has 1 aromatic carbocycles. The van der Waals surface area contributed by atoms with Crippen LogP contribution >= 0.6 is 0 Å². The normalized spacial score (nSPS) is 23.7. The number of aliphatic hydroxyl groups excluding tert-OH is 1. The van der Waals surface area contributed by atoms with E-state index in [-0.39, 0.29) is 17.4 Å². The number of aliphatic hydroxyl groups is 1. The van der Waals surface area contributed by atoms with Crippen molar-refractivity contribution < 1.29 is 9.90 Å². The van der Waals surface area contributed by atoms with Gasteiger partial charge in [0.1, 0.15) is 0 Å². The van der Waals surface area contributed by atoms with Crippen LogP contribution in [0.5, 0.6) is 0 Å². The number of amides is 1. The molecule has 0 bridgehead atoms. The highest BCUT2D eigenvalue weighted by atomic mass is 16.3. The minimum absolute atomic E-state index is 0.115. The molecule has 5 heteroatoms. The smallest absolute Gasteiger partial charge is 0.257 e. The predicted molar refractivity (Wildman–Crippen MR) is 98.1 cm³/mol. The fourth-order valence-electron chi connectivity index (χ4n) is 5.25. The molecule has 5 rings (SSSR count). The van der Waals surface area contributed by atoms with Crippen molar-refractivity contribution in [3.63, 3.8) is 0 Å². The number of nitrogens with zero attached hydrogens (tertiary/aromatic N) is 3. The minimum atomic E-state index is -0.332. The Balaban J connectivity index is 1.36. The summed E-state index contributed by atoms with van der Waals surface area (Å²) in [6.07, 6.45) is 7.06. The van der Waals surface area contributed by atoms with Crippen LogP contribution in [0.2, 0.25) is 0 Å². The van der Waals surface area contributed by atoms with Crippen molar-refractivity contribution in [3.8, 4) is 0 Å². The summed E-state index contributed by atoms with van der Waals surface area (Å²) >= 11 is 0. The summed E-state index contributed by atoms with van der Waals surface area (Å²) in [7, 11) is 0. The molecule has 3 aliphatic rings. The lowest BCUT2D eigenvalue weighted by Crippen LogP contribution is -2.49. The topological polar surface area (TPSA) is 58.4 Å². The number of fused-ring (bicyclic) bond motifs is 3. The average molecular weight is 351 g/mol. The second kappa shape index (κ2) is 5.95. The fraction of sp³-hybridized carbons (Fsp3) is 0.524. The van der Waals surface area contributed by atoms with Crippen molar-refractivity contribution in [1.82, 2.24) is 14.7 Å². The molecule has 1 saturated heterocycles. The molecule has 1 unspecified atom stereocenters. The van der Waals surface area contributed by atoms with Gasteiger partial charge in [0.15, 0.2) is 0 Å². The lowest BCUT2D eigenvalue weighted by atomic mass is 9.72. The first kappa shape index (κ1) is 16.1. The van der Waals surface area contributed by atoms with E-state index >= 15 is 0 Å². The summed E-state index contributed by atoms with van der Waals surface area (Å²) in [4.78, 5) is 15.0. The van der Waals surface area contributed by atoms with E-state index in [0.717, 1.165) is 56.3 Å². The third kappa shape index (κ3) is 2.26. The number of hydrogen-bond acceptors (Lipinski definition) is 3. The summed E-state index contributed by atoms with van der Waals surface area (Å²) in [6.45, 7) is 2.33. The molecule has 0 saturated carbocycles. The van der Waals surface area contributed by atoms with Crippen LogP contribution in [0.25, 0.3) is 0 Å². The maximum Gasteiger partial charge on any atom is 0.257 e. The van der Waals surface area contributed by atoms with E-state index in [0.29, 0.717) is 13.1 Å². The highest BCUT2D eigenvalue weighted by Gasteiger charge is 2.48. The van der Waals surface area contributed by atoms with Crippen molar-refractivity contribution in [1.29, 1.82) is 0 Å². The van der Waals surface area contributed by atoms with Gasteiger partial charge in [0.25, 0.3) is 5.91 Å². The van der Waals surface area contributed by atoms with Crippen molar-refractivity contribution in [2.75, 3.05) is 13.1 Å². The van der Waals surface area contributed by atoms with Gasteiger partial charge in [-0.25, -0.2) is 0 Å². The summed E-state index contributed by atoms with van der Waals surface area (Å²) in [5.74, 6) is 0.115. The van der Waals surface area contributed by atoms with Gasteiger partial charge in [-0.3, -0.25) is 9.48 Å². The Morgan fingerprint density at radius 2 is 1.96 bits per heavy atom. The van der Waals surface area contributed by atoms with Gasteiger partial charge in [-0.05, 0) is 49.7 Å². The largest absolute Gasteiger partial charge is 0.392 e. The second-order valence-electron chi connectivity index (χ2n) is 8.01. The van der Waals surface area contributed by atoms with Gasteiger partial charge >= 0.3 is 0 Å². The van der Waals surface area contributed by atoms with E-state index in [4.69, 9.17) is 0 Å². The Labute approximate surface area is 153 Å². The monoisotopic (exact) mass is 351 g/mol. The van der Waals surface area contributed by atoms with Crippen molar-refractivity contribution in [3.05, 3.63) is 52.8 Å². The molecule has 1 fully saturated rings. The number of aromatic nitrogens is 2. The Kier molecular flexibility index (Phi) is 3.67. The number of piperidine rings is 1. The van der Waals surface area contributed by atoms with Gasteiger partial charge in [-0.15, -0.1) is 0 Å². The van der Waals surface area contributed by atoms with Gasteiger partial charge < -0.3 is 10.0 Å². The Hall–Kier alpha value is -2.14. The molecule has 1 aliphatic carbocycles. The summed E-state index contributed by atoms with van der Waals surface area (Å²) in [5.41, 5.74) is 4.28. The van der Waals surface area contributed by atoms with Crippen LogP contribution in [0.15, 0.2) is 30.5 Å². The molecule has 1 N–H and O–H groups in total. The van der Waals surface area contributed by atoms with Gasteiger partial charge in [0.2, 0.25) is 0 Å². The molecule has 5 nitrogen and oxygen atoms in total. The molecule has 1 spiro atoms. The highest BCUT2D eigenvalue weighted by Crippen LogP contribution is 2.46. The van der Waals surface area contributed by atoms with Crippen LogP contribution in [-0.2, 0) is 24.8 Å². The first-order valence-electron chi connectivity index (χ1n) is 9.79. The summed E-state index contributed by atoms with van der Waals surface area (Å²) in [5, 5.41) is 15.2. The SMILES string of the molecule is O=C(c1cnn2c1CCCC2)N1CCC2(CC1)c1ccccc1CC2O. The molecular formula is C21H25N3O2. The number of likely N-dealkylation sites (tertiary alicyclic amines) is 1. The molecule has 2 aromatic rings. The van der Waals surface area contributed by atoms with Crippen LogP contribution in [0, 0.1) is 0 Å². The molecule has 0 radical (unpaired) electrons. The fourth-order valence-corrected chi connectivity index (χ4v) is 5.25. The molecule has 1 amide bonds. The number of aryl methyl sites for hydroxylation is 1. The van der Waals surface area contributed by atoms with E-state index in [9.17, 15) is 9.90 Å². The van der Waals surface area contributed by atoms with Gasteiger partial charge in [0, 0.05) is 25.0 Å². The Bertz CT molecular complexity index is 849. The first-order valence-corrected chi connectivity index (χ1v) is 9.79. The molecular weight excluding hydrogens is 326 g/mol. The van der Waals surface area contributed by atoms with Crippen molar-refractivity contribution in [2.24, 2.45) is 0 Å². The number of benzene rings is 1. The first-order chi connectivity index (χ1) is 12.7. The summed E-state index contributed by atoms with van der Waals surface area (Å²) < 4.78 is 2.00. The Morgan fingerprint density at radius 1 is 1.15 bits per heavy atom. The zero-order chi connectivity index (χ0) is 17.7. The van der Waals surface area contributed by atoms with Crippen molar-refractivity contribution in [2.45, 2.75) is 56.6 Å². The molecule has 1 atom stereocenters. The van der Waals surface area contributed by atoms with Gasteiger partial charge in [-0.1, -0.05) is 24.3 Å². The zero-order valence-corrected chi connectivity index (χ0v) is 15.0. The highest BCUT2D eigenvalue weighted by molar-refractivity contribution is 5.95. The third-order valence-corrected chi connectivity index (χ3v) is 6.76. The number of carbonyl (C=O) groups is 1. The molecule has 3 heterocycles. The van der Waals surface area contributed by atoms with Crippen molar-refractivity contribution >= 4 is 5.91 Å². The molecule has 1 aromatic heterocycles. The van der Waals surface area contributed by atoms with Gasteiger partial charge in [-0.2, -0.15) is 5.10 Å². The quantitative estimate of drug-likeness (QED) is 0.858. The summed E-state index contributed by atoms with van der Waals surface area (Å²) in [6, 6.07) is 8.41.